The van der Waals surface area contributed by atoms with E-state index >= 15 is 0 Å². The van der Waals surface area contributed by atoms with Crippen molar-refractivity contribution >= 4 is 11.9 Å². The molecule has 172 valence electrons. The van der Waals surface area contributed by atoms with E-state index in [1.807, 2.05) is 42.5 Å². The van der Waals surface area contributed by atoms with Crippen molar-refractivity contribution in [3.8, 4) is 16.9 Å². The van der Waals surface area contributed by atoms with Gasteiger partial charge in [-0.25, -0.2) is 0 Å². The summed E-state index contributed by atoms with van der Waals surface area (Å²) in [5.74, 6) is -0.260. The van der Waals surface area contributed by atoms with Crippen molar-refractivity contribution in [2.24, 2.45) is 0 Å². The van der Waals surface area contributed by atoms with Crippen molar-refractivity contribution in [2.75, 3.05) is 6.61 Å². The van der Waals surface area contributed by atoms with E-state index in [9.17, 15) is 9.59 Å². The van der Waals surface area contributed by atoms with Gasteiger partial charge < -0.3 is 19.2 Å². The van der Waals surface area contributed by atoms with Crippen LogP contribution in [0.25, 0.3) is 11.1 Å². The maximum absolute atomic E-state index is 13.4. The molecule has 4 rings (SSSR count). The Hall–Kier alpha value is -3.54. The van der Waals surface area contributed by atoms with Crippen LogP contribution in [0.4, 0.5) is 0 Å². The van der Waals surface area contributed by atoms with E-state index in [1.54, 1.807) is 29.6 Å². The number of amides is 1. The van der Waals surface area contributed by atoms with Crippen molar-refractivity contribution in [1.29, 1.82) is 0 Å². The molecule has 33 heavy (non-hydrogen) atoms. The molecule has 1 amide bonds. The quantitative estimate of drug-likeness (QED) is 0.356. The van der Waals surface area contributed by atoms with Gasteiger partial charge >= 0.3 is 5.97 Å². The Balaban J connectivity index is 1.43. The summed E-state index contributed by atoms with van der Waals surface area (Å²) < 4.78 is 19.8. The molecule has 1 fully saturated rings. The number of nitrogens with zero attached hydrogens (tertiary/aromatic N) is 1. The van der Waals surface area contributed by atoms with E-state index in [0.29, 0.717) is 43.7 Å². The summed E-state index contributed by atoms with van der Waals surface area (Å²) in [6.45, 7) is 0.771. The summed E-state index contributed by atoms with van der Waals surface area (Å²) in [6.07, 6.45) is 6.92. The third-order valence-corrected chi connectivity index (χ3v) is 5.68. The van der Waals surface area contributed by atoms with Gasteiger partial charge in [-0.15, -0.1) is 0 Å². The first-order valence-electron chi connectivity index (χ1n) is 11.8. The van der Waals surface area contributed by atoms with E-state index in [-0.39, 0.29) is 12.3 Å². The van der Waals surface area contributed by atoms with Gasteiger partial charge in [-0.1, -0.05) is 30.3 Å². The van der Waals surface area contributed by atoms with Gasteiger partial charge in [0.25, 0.3) is 5.91 Å². The lowest BCUT2D eigenvalue weighted by molar-refractivity contribution is -0.137. The van der Waals surface area contributed by atoms with Crippen LogP contribution >= 0.6 is 0 Å². The standard InChI is InChI=1S/C27H29NO5/c29-26(30)8-2-1-5-16-33-25-7-4-3-6-22(25)18-28(24-13-14-24)27(31)21-11-9-20(10-12-21)23-15-17-32-19-23/h3-4,6-7,9-12,15,17,19,24H,1-2,5,8,13-14,16,18H2,(H,29,30)/i24D. The second kappa shape index (κ2) is 10.9. The summed E-state index contributed by atoms with van der Waals surface area (Å²) in [4.78, 5) is 25.7. The number of furan rings is 1. The summed E-state index contributed by atoms with van der Waals surface area (Å²) in [5, 5.41) is 8.74. The largest absolute Gasteiger partial charge is 0.493 e. The van der Waals surface area contributed by atoms with Crippen molar-refractivity contribution in [3.63, 3.8) is 0 Å². The molecule has 0 atom stereocenters. The second-order valence-corrected chi connectivity index (χ2v) is 8.21. The maximum Gasteiger partial charge on any atom is 0.303 e. The number of carbonyl (C=O) groups excluding carboxylic acids is 1. The van der Waals surface area contributed by atoms with Crippen LogP contribution in [-0.2, 0) is 11.3 Å². The minimum absolute atomic E-state index is 0.169. The monoisotopic (exact) mass is 448 g/mol. The van der Waals surface area contributed by atoms with Crippen LogP contribution in [0.1, 0.15) is 55.8 Å². The van der Waals surface area contributed by atoms with Gasteiger partial charge in [0.15, 0.2) is 0 Å². The minimum Gasteiger partial charge on any atom is -0.493 e. The van der Waals surface area contributed by atoms with Crippen molar-refractivity contribution in [1.82, 2.24) is 4.90 Å². The molecule has 6 nitrogen and oxygen atoms in total. The summed E-state index contributed by atoms with van der Waals surface area (Å²) in [5.41, 5.74) is 3.31. The Kier molecular flexibility index (Phi) is 7.01. The Labute approximate surface area is 195 Å². The minimum atomic E-state index is -0.899. The van der Waals surface area contributed by atoms with E-state index < -0.39 is 12.0 Å². The number of unbranched alkanes of at least 4 members (excludes halogenated alkanes) is 2. The van der Waals surface area contributed by atoms with Gasteiger partial charge in [0.1, 0.15) is 5.75 Å². The van der Waals surface area contributed by atoms with Crippen LogP contribution in [0.3, 0.4) is 0 Å². The third kappa shape index (κ3) is 6.25. The number of ether oxygens (including phenoxy) is 1. The van der Waals surface area contributed by atoms with Crippen LogP contribution in [0, 0.1) is 0 Å². The lowest BCUT2D eigenvalue weighted by Crippen LogP contribution is -2.32. The molecule has 0 spiro atoms. The zero-order valence-electron chi connectivity index (χ0n) is 19.5. The van der Waals surface area contributed by atoms with Crippen LogP contribution in [-0.4, -0.2) is 34.5 Å². The van der Waals surface area contributed by atoms with Crippen molar-refractivity contribution < 1.29 is 25.2 Å². The number of rotatable bonds is 12. The third-order valence-electron chi connectivity index (χ3n) is 5.68. The molecule has 0 bridgehead atoms. The molecule has 0 aliphatic heterocycles. The van der Waals surface area contributed by atoms with Gasteiger partial charge in [-0.05, 0) is 61.9 Å². The Morgan fingerprint density at radius 1 is 1.03 bits per heavy atom. The lowest BCUT2D eigenvalue weighted by atomic mass is 10.1. The molecule has 1 heterocycles. The number of carbonyl (C=O) groups is 2. The summed E-state index contributed by atoms with van der Waals surface area (Å²) >= 11 is 0. The highest BCUT2D eigenvalue weighted by Crippen LogP contribution is 2.32. The van der Waals surface area contributed by atoms with Crippen molar-refractivity contribution in [3.05, 3.63) is 78.3 Å². The molecule has 1 aliphatic rings. The topological polar surface area (TPSA) is 80.0 Å². The van der Waals surface area contributed by atoms with Gasteiger partial charge in [0.2, 0.25) is 0 Å². The molecule has 3 aromatic rings. The number of aliphatic carboxylic acids is 1. The second-order valence-electron chi connectivity index (χ2n) is 8.21. The zero-order valence-corrected chi connectivity index (χ0v) is 18.5. The van der Waals surface area contributed by atoms with Crippen LogP contribution in [0.2, 0.25) is 0 Å². The average Bonchev–Trinajstić information content (AvgIpc) is 3.35. The fraction of sp³-hybridized carbons (Fsp3) is 0.333. The zero-order chi connectivity index (χ0) is 24.0. The fourth-order valence-electron chi connectivity index (χ4n) is 3.73. The summed E-state index contributed by atoms with van der Waals surface area (Å²) in [7, 11) is 0. The lowest BCUT2D eigenvalue weighted by Gasteiger charge is -2.24. The first kappa shape index (κ1) is 21.3. The number of para-hydroxylation sites is 1. The number of hydrogen-bond donors (Lipinski definition) is 1. The predicted molar refractivity (Wildman–Crippen MR) is 125 cm³/mol. The molecule has 1 N–H and O–H groups in total. The molecular weight excluding hydrogens is 418 g/mol. The molecule has 0 radical (unpaired) electrons. The van der Waals surface area contributed by atoms with Crippen LogP contribution in [0.15, 0.2) is 71.5 Å². The maximum atomic E-state index is 13.4. The van der Waals surface area contributed by atoms with E-state index in [4.69, 9.17) is 15.6 Å². The Morgan fingerprint density at radius 2 is 1.82 bits per heavy atom. The molecule has 1 aliphatic carbocycles. The predicted octanol–water partition coefficient (Wildman–Crippen LogP) is 5.78. The first-order valence-corrected chi connectivity index (χ1v) is 11.3. The van der Waals surface area contributed by atoms with E-state index in [1.165, 1.54) is 0 Å². The fourth-order valence-corrected chi connectivity index (χ4v) is 3.73. The molecule has 1 aromatic heterocycles. The first-order chi connectivity index (χ1) is 16.5. The average molecular weight is 449 g/mol. The van der Waals surface area contributed by atoms with E-state index in [2.05, 4.69) is 0 Å². The summed E-state index contributed by atoms with van der Waals surface area (Å²) in [6, 6.07) is 15.9. The normalized spacial score (nSPS) is 14.4. The number of benzene rings is 2. The van der Waals surface area contributed by atoms with Crippen LogP contribution in [0.5, 0.6) is 5.75 Å². The number of carboxylic acid groups (broad SMARTS) is 1. The van der Waals surface area contributed by atoms with E-state index in [0.717, 1.165) is 29.5 Å². The number of carboxylic acids is 1. The SMILES string of the molecule is [2H]C1(N(Cc2ccccc2OCCCCCC(=O)O)C(=O)c2ccc(-c3ccoc3)cc2)CC1. The van der Waals surface area contributed by atoms with Gasteiger partial charge in [0, 0.05) is 35.7 Å². The molecule has 6 heteroatoms. The molecule has 0 saturated heterocycles. The highest BCUT2D eigenvalue weighted by Gasteiger charge is 2.33. The van der Waals surface area contributed by atoms with Gasteiger partial charge in [-0.3, -0.25) is 9.59 Å². The van der Waals surface area contributed by atoms with Crippen LogP contribution < -0.4 is 4.74 Å². The number of hydrogen-bond acceptors (Lipinski definition) is 4. The molecular formula is C27H29NO5. The Bertz CT molecular complexity index is 1110. The highest BCUT2D eigenvalue weighted by molar-refractivity contribution is 5.95. The van der Waals surface area contributed by atoms with Crippen molar-refractivity contribution in [2.45, 2.75) is 51.1 Å². The Morgan fingerprint density at radius 3 is 2.52 bits per heavy atom. The van der Waals surface area contributed by atoms with Gasteiger partial charge in [-0.2, -0.15) is 0 Å². The smallest absolute Gasteiger partial charge is 0.303 e. The molecule has 1 saturated carbocycles. The highest BCUT2D eigenvalue weighted by atomic mass is 16.5. The van der Waals surface area contributed by atoms with Gasteiger partial charge in [0.05, 0.1) is 20.5 Å². The molecule has 0 unspecified atom stereocenters. The molecule has 2 aromatic carbocycles.